The number of hydrogen-bond acceptors (Lipinski definition) is 3. The minimum atomic E-state index is -0.329. The van der Waals surface area contributed by atoms with E-state index in [2.05, 4.69) is 10.4 Å². The predicted octanol–water partition coefficient (Wildman–Crippen LogP) is 2.28. The molecular weight excluding hydrogens is 264 g/mol. The molecule has 0 saturated carbocycles. The lowest BCUT2D eigenvalue weighted by molar-refractivity contribution is -0.120. The molecule has 2 aromatic rings. The van der Waals surface area contributed by atoms with Crippen molar-refractivity contribution >= 4 is 11.6 Å². The van der Waals surface area contributed by atoms with Crippen molar-refractivity contribution in [2.45, 2.75) is 19.9 Å². The SMILES string of the molecule is Cc1cccc(C(C(=O)Nc2cn(C)nc2C)N(C)C)c1. The van der Waals surface area contributed by atoms with Gasteiger partial charge in [-0.1, -0.05) is 29.8 Å². The highest BCUT2D eigenvalue weighted by atomic mass is 16.2. The topological polar surface area (TPSA) is 50.2 Å². The highest BCUT2D eigenvalue weighted by Crippen LogP contribution is 2.22. The molecule has 1 atom stereocenters. The van der Waals surface area contributed by atoms with Gasteiger partial charge in [-0.2, -0.15) is 5.10 Å². The number of amides is 1. The van der Waals surface area contributed by atoms with Crippen LogP contribution >= 0.6 is 0 Å². The Bertz CT molecular complexity index is 645. The van der Waals surface area contributed by atoms with Gasteiger partial charge in [0.05, 0.1) is 11.4 Å². The highest BCUT2D eigenvalue weighted by molar-refractivity contribution is 5.95. The minimum Gasteiger partial charge on any atom is -0.322 e. The average Bonchev–Trinajstić information content (AvgIpc) is 2.67. The van der Waals surface area contributed by atoms with Gasteiger partial charge in [0.2, 0.25) is 5.91 Å². The first kappa shape index (κ1) is 15.3. The molecule has 0 aliphatic rings. The lowest BCUT2D eigenvalue weighted by atomic mass is 10.0. The van der Waals surface area contributed by atoms with E-state index in [0.717, 1.165) is 22.5 Å². The maximum absolute atomic E-state index is 12.6. The van der Waals surface area contributed by atoms with Crippen LogP contribution in [0.2, 0.25) is 0 Å². The van der Waals surface area contributed by atoms with Crippen molar-refractivity contribution in [3.63, 3.8) is 0 Å². The van der Waals surface area contributed by atoms with Gasteiger partial charge in [0.15, 0.2) is 0 Å². The molecule has 1 aromatic heterocycles. The van der Waals surface area contributed by atoms with Crippen LogP contribution < -0.4 is 5.32 Å². The zero-order chi connectivity index (χ0) is 15.6. The van der Waals surface area contributed by atoms with Gasteiger partial charge in [0, 0.05) is 13.2 Å². The van der Waals surface area contributed by atoms with Crippen LogP contribution in [0.1, 0.15) is 22.9 Å². The number of nitrogens with one attached hydrogen (secondary N) is 1. The number of benzene rings is 1. The van der Waals surface area contributed by atoms with Gasteiger partial charge < -0.3 is 5.32 Å². The number of likely N-dealkylation sites (N-methyl/N-ethyl adjacent to an activating group) is 1. The van der Waals surface area contributed by atoms with Crippen molar-refractivity contribution in [2.24, 2.45) is 7.05 Å². The van der Waals surface area contributed by atoms with E-state index in [-0.39, 0.29) is 11.9 Å². The maximum atomic E-state index is 12.6. The zero-order valence-electron chi connectivity index (χ0n) is 13.2. The predicted molar refractivity (Wildman–Crippen MR) is 84.2 cm³/mol. The van der Waals surface area contributed by atoms with Gasteiger partial charge >= 0.3 is 0 Å². The van der Waals surface area contributed by atoms with Crippen molar-refractivity contribution in [2.75, 3.05) is 19.4 Å². The number of carbonyl (C=O) groups excluding carboxylic acids is 1. The average molecular weight is 286 g/mol. The first-order valence-corrected chi connectivity index (χ1v) is 6.92. The van der Waals surface area contributed by atoms with E-state index in [9.17, 15) is 4.79 Å². The maximum Gasteiger partial charge on any atom is 0.246 e. The van der Waals surface area contributed by atoms with E-state index in [1.165, 1.54) is 0 Å². The fourth-order valence-electron chi connectivity index (χ4n) is 2.45. The van der Waals surface area contributed by atoms with E-state index in [0.29, 0.717) is 0 Å². The molecule has 1 N–H and O–H groups in total. The first-order valence-electron chi connectivity index (χ1n) is 6.92. The normalized spacial score (nSPS) is 12.5. The molecule has 1 unspecified atom stereocenters. The van der Waals surface area contributed by atoms with Gasteiger partial charge in [-0.3, -0.25) is 14.4 Å². The molecule has 0 fully saturated rings. The third-order valence-electron chi connectivity index (χ3n) is 3.39. The Morgan fingerprint density at radius 1 is 1.33 bits per heavy atom. The molecule has 0 saturated heterocycles. The fourth-order valence-corrected chi connectivity index (χ4v) is 2.45. The molecule has 112 valence electrons. The summed E-state index contributed by atoms with van der Waals surface area (Å²) in [6, 6.07) is 7.70. The largest absolute Gasteiger partial charge is 0.322 e. The summed E-state index contributed by atoms with van der Waals surface area (Å²) in [5, 5.41) is 7.21. The molecule has 5 heteroatoms. The third-order valence-corrected chi connectivity index (χ3v) is 3.39. The van der Waals surface area contributed by atoms with Crippen LogP contribution in [0, 0.1) is 13.8 Å². The summed E-state index contributed by atoms with van der Waals surface area (Å²) in [5.41, 5.74) is 3.69. The molecular formula is C16H22N4O. The Labute approximate surface area is 125 Å². The molecule has 0 bridgehead atoms. The molecule has 1 aromatic carbocycles. The zero-order valence-corrected chi connectivity index (χ0v) is 13.2. The molecule has 0 spiro atoms. The van der Waals surface area contributed by atoms with E-state index < -0.39 is 0 Å². The second-order valence-electron chi connectivity index (χ2n) is 5.57. The Morgan fingerprint density at radius 3 is 2.57 bits per heavy atom. The number of nitrogens with zero attached hydrogens (tertiary/aromatic N) is 3. The van der Waals surface area contributed by atoms with Gasteiger partial charge in [0.1, 0.15) is 6.04 Å². The lowest BCUT2D eigenvalue weighted by Crippen LogP contribution is -2.32. The number of carbonyl (C=O) groups is 1. The Morgan fingerprint density at radius 2 is 2.05 bits per heavy atom. The number of anilines is 1. The monoisotopic (exact) mass is 286 g/mol. The standard InChI is InChI=1S/C16H22N4O/c1-11-7-6-8-13(9-11)15(19(3)4)16(21)17-14-10-20(5)18-12(14)2/h6-10,15H,1-5H3,(H,17,21). The van der Waals surface area contributed by atoms with Gasteiger partial charge in [-0.05, 0) is 33.5 Å². The molecule has 0 aliphatic heterocycles. The summed E-state index contributed by atoms with van der Waals surface area (Å²) < 4.78 is 1.70. The molecule has 0 radical (unpaired) electrons. The quantitative estimate of drug-likeness (QED) is 0.938. The smallest absolute Gasteiger partial charge is 0.246 e. The van der Waals surface area contributed by atoms with Crippen molar-refractivity contribution in [1.29, 1.82) is 0 Å². The summed E-state index contributed by atoms with van der Waals surface area (Å²) in [5.74, 6) is -0.0540. The molecule has 1 amide bonds. The van der Waals surface area contributed by atoms with Crippen LogP contribution in [0.15, 0.2) is 30.5 Å². The number of aromatic nitrogens is 2. The number of aryl methyl sites for hydroxylation is 3. The second-order valence-corrected chi connectivity index (χ2v) is 5.57. The summed E-state index contributed by atoms with van der Waals surface area (Å²) >= 11 is 0. The minimum absolute atomic E-state index is 0.0540. The van der Waals surface area contributed by atoms with E-state index in [4.69, 9.17) is 0 Å². The highest BCUT2D eigenvalue weighted by Gasteiger charge is 2.24. The summed E-state index contributed by atoms with van der Waals surface area (Å²) in [6.45, 7) is 3.91. The van der Waals surface area contributed by atoms with Crippen LogP contribution in [0.25, 0.3) is 0 Å². The second kappa shape index (κ2) is 6.10. The van der Waals surface area contributed by atoms with Crippen LogP contribution in [-0.4, -0.2) is 34.7 Å². The molecule has 1 heterocycles. The van der Waals surface area contributed by atoms with Crippen LogP contribution in [0.4, 0.5) is 5.69 Å². The molecule has 21 heavy (non-hydrogen) atoms. The number of rotatable bonds is 4. The Hall–Kier alpha value is -2.14. The van der Waals surface area contributed by atoms with Crippen molar-refractivity contribution < 1.29 is 4.79 Å². The molecule has 2 rings (SSSR count). The van der Waals surface area contributed by atoms with Gasteiger partial charge in [-0.15, -0.1) is 0 Å². The Balaban J connectivity index is 2.26. The van der Waals surface area contributed by atoms with Crippen LogP contribution in [0.5, 0.6) is 0 Å². The van der Waals surface area contributed by atoms with Gasteiger partial charge in [-0.25, -0.2) is 0 Å². The summed E-state index contributed by atoms with van der Waals surface area (Å²) in [7, 11) is 5.65. The fraction of sp³-hybridized carbons (Fsp3) is 0.375. The van der Waals surface area contributed by atoms with E-state index in [1.807, 2.05) is 70.4 Å². The van der Waals surface area contributed by atoms with Crippen LogP contribution in [0.3, 0.4) is 0 Å². The van der Waals surface area contributed by atoms with Gasteiger partial charge in [0.25, 0.3) is 0 Å². The van der Waals surface area contributed by atoms with Crippen LogP contribution in [-0.2, 0) is 11.8 Å². The first-order chi connectivity index (χ1) is 9.88. The molecule has 5 nitrogen and oxygen atoms in total. The third kappa shape index (κ3) is 3.49. The summed E-state index contributed by atoms with van der Waals surface area (Å²) in [6.07, 6.45) is 1.82. The summed E-state index contributed by atoms with van der Waals surface area (Å²) in [4.78, 5) is 14.6. The molecule has 0 aliphatic carbocycles. The van der Waals surface area contributed by atoms with Crippen molar-refractivity contribution in [1.82, 2.24) is 14.7 Å². The lowest BCUT2D eigenvalue weighted by Gasteiger charge is -2.24. The van der Waals surface area contributed by atoms with E-state index in [1.54, 1.807) is 4.68 Å². The van der Waals surface area contributed by atoms with Crippen molar-refractivity contribution in [3.05, 3.63) is 47.3 Å². The van der Waals surface area contributed by atoms with Crippen molar-refractivity contribution in [3.8, 4) is 0 Å². The number of hydrogen-bond donors (Lipinski definition) is 1. The Kier molecular flexibility index (Phi) is 4.43. The van der Waals surface area contributed by atoms with E-state index >= 15 is 0 Å².